The van der Waals surface area contributed by atoms with E-state index >= 15 is 0 Å². The van der Waals surface area contributed by atoms with E-state index in [1.54, 1.807) is 5.57 Å². The second kappa shape index (κ2) is 6.61. The molecular formula is C24H37NO2. The minimum absolute atomic E-state index is 0.0258. The maximum atomic E-state index is 6.27. The highest BCUT2D eigenvalue weighted by Gasteiger charge is 2.65. The van der Waals surface area contributed by atoms with Gasteiger partial charge in [-0.2, -0.15) is 0 Å². The van der Waals surface area contributed by atoms with Crippen molar-refractivity contribution in [2.45, 2.75) is 71.5 Å². The summed E-state index contributed by atoms with van der Waals surface area (Å²) in [5, 5.41) is 0. The largest absolute Gasteiger partial charge is 0.347 e. The number of fused-ring (bicyclic) bond motifs is 3. The van der Waals surface area contributed by atoms with E-state index in [-0.39, 0.29) is 22.0 Å². The summed E-state index contributed by atoms with van der Waals surface area (Å²) in [6.07, 6.45) is 10.9. The molecule has 3 aliphatic carbocycles. The first-order valence-corrected chi connectivity index (χ1v) is 10.9. The molecule has 3 atom stereocenters. The summed E-state index contributed by atoms with van der Waals surface area (Å²) in [6.45, 7) is 9.67. The lowest BCUT2D eigenvalue weighted by molar-refractivity contribution is -0.284. The van der Waals surface area contributed by atoms with Crippen molar-refractivity contribution < 1.29 is 9.47 Å². The first kappa shape index (κ1) is 19.5. The molecule has 3 heteroatoms. The number of hydrogen-bond acceptors (Lipinski definition) is 3. The maximum absolute atomic E-state index is 6.27. The van der Waals surface area contributed by atoms with Gasteiger partial charge in [0.2, 0.25) is 0 Å². The third kappa shape index (κ3) is 2.83. The molecule has 4 aliphatic rings. The minimum Gasteiger partial charge on any atom is -0.347 e. The van der Waals surface area contributed by atoms with Gasteiger partial charge in [-0.15, -0.1) is 0 Å². The van der Waals surface area contributed by atoms with E-state index in [9.17, 15) is 0 Å². The van der Waals surface area contributed by atoms with Crippen LogP contribution in [0.25, 0.3) is 0 Å². The van der Waals surface area contributed by atoms with Gasteiger partial charge < -0.3 is 9.47 Å². The molecule has 0 amide bonds. The molecule has 1 heterocycles. The van der Waals surface area contributed by atoms with Gasteiger partial charge in [0.25, 0.3) is 0 Å². The second-order valence-corrected chi connectivity index (χ2v) is 10.3. The quantitative estimate of drug-likeness (QED) is 0.496. The Balaban J connectivity index is 1.71. The Kier molecular flexibility index (Phi) is 4.78. The molecule has 0 aromatic heterocycles. The van der Waals surface area contributed by atoms with Gasteiger partial charge >= 0.3 is 0 Å². The summed E-state index contributed by atoms with van der Waals surface area (Å²) < 4.78 is 12.5. The summed E-state index contributed by atoms with van der Waals surface area (Å²) in [7, 11) is 4.21. The summed E-state index contributed by atoms with van der Waals surface area (Å²) in [6, 6.07) is 0. The Morgan fingerprint density at radius 2 is 1.81 bits per heavy atom. The average molecular weight is 372 g/mol. The van der Waals surface area contributed by atoms with Crippen LogP contribution in [0.2, 0.25) is 0 Å². The van der Waals surface area contributed by atoms with Crippen LogP contribution >= 0.6 is 0 Å². The van der Waals surface area contributed by atoms with Gasteiger partial charge in [0.1, 0.15) is 0 Å². The Hall–Kier alpha value is -0.820. The van der Waals surface area contributed by atoms with Crippen LogP contribution in [0.3, 0.4) is 0 Å². The normalized spacial score (nSPS) is 39.3. The van der Waals surface area contributed by atoms with Crippen molar-refractivity contribution in [1.82, 2.24) is 4.90 Å². The van der Waals surface area contributed by atoms with Crippen molar-refractivity contribution in [3.05, 3.63) is 11.6 Å². The van der Waals surface area contributed by atoms with Crippen molar-refractivity contribution in [1.29, 1.82) is 0 Å². The molecule has 0 bridgehead atoms. The van der Waals surface area contributed by atoms with Gasteiger partial charge in [-0.1, -0.05) is 38.7 Å². The fraction of sp³-hybridized carbons (Fsp3) is 0.833. The van der Waals surface area contributed by atoms with Crippen LogP contribution in [-0.2, 0) is 9.47 Å². The summed E-state index contributed by atoms with van der Waals surface area (Å²) in [5.74, 6) is 7.52. The molecule has 1 saturated heterocycles. The standard InChI is InChI=1S/C24H37NO2/c1-21(2)19-10-13-23(12-8-16-25(4)5)11-7-6-9-20(23)22(19,3)14-15-24(21)26-17-18-27-24/h9,19H,6-7,10-11,13-18H2,1-5H3/t19?,22-,23?/m0/s1. The molecule has 2 saturated carbocycles. The fourth-order valence-electron chi connectivity index (χ4n) is 6.93. The van der Waals surface area contributed by atoms with Crippen LogP contribution < -0.4 is 0 Å². The molecule has 1 aliphatic heterocycles. The van der Waals surface area contributed by atoms with Crippen LogP contribution in [-0.4, -0.2) is 44.5 Å². The zero-order valence-corrected chi connectivity index (χ0v) is 18.0. The highest BCUT2D eigenvalue weighted by atomic mass is 16.7. The Morgan fingerprint density at radius 1 is 1.07 bits per heavy atom. The van der Waals surface area contributed by atoms with Gasteiger partial charge in [-0.05, 0) is 69.5 Å². The predicted octanol–water partition coefficient (Wildman–Crippen LogP) is 4.63. The molecule has 27 heavy (non-hydrogen) atoms. The van der Waals surface area contributed by atoms with Crippen LogP contribution in [0.5, 0.6) is 0 Å². The zero-order valence-electron chi connectivity index (χ0n) is 18.0. The van der Waals surface area contributed by atoms with Crippen LogP contribution in [0.4, 0.5) is 0 Å². The lowest BCUT2D eigenvalue weighted by Crippen LogP contribution is -2.61. The third-order valence-electron chi connectivity index (χ3n) is 8.22. The number of nitrogens with zero attached hydrogens (tertiary/aromatic N) is 1. The van der Waals surface area contributed by atoms with E-state index in [1.807, 2.05) is 0 Å². The number of ether oxygens (including phenoxy) is 2. The molecule has 1 spiro atoms. The molecule has 0 radical (unpaired) electrons. The lowest BCUT2D eigenvalue weighted by Gasteiger charge is -2.64. The Morgan fingerprint density at radius 3 is 2.52 bits per heavy atom. The van der Waals surface area contributed by atoms with E-state index < -0.39 is 0 Å². The fourth-order valence-corrected chi connectivity index (χ4v) is 6.93. The van der Waals surface area contributed by atoms with E-state index in [4.69, 9.17) is 9.47 Å². The number of allylic oxidation sites excluding steroid dienone is 2. The summed E-state index contributed by atoms with van der Waals surface area (Å²) in [4.78, 5) is 2.17. The maximum Gasteiger partial charge on any atom is 0.173 e. The van der Waals surface area contributed by atoms with Gasteiger partial charge in [-0.25, -0.2) is 0 Å². The topological polar surface area (TPSA) is 21.7 Å². The average Bonchev–Trinajstić information content (AvgIpc) is 3.09. The van der Waals surface area contributed by atoms with Gasteiger partial charge in [-0.3, -0.25) is 4.90 Å². The van der Waals surface area contributed by atoms with Crippen LogP contribution in [0.1, 0.15) is 65.7 Å². The van der Waals surface area contributed by atoms with Crippen molar-refractivity contribution in [3.8, 4) is 11.8 Å². The number of hydrogen-bond donors (Lipinski definition) is 0. The van der Waals surface area contributed by atoms with Crippen LogP contribution in [0, 0.1) is 34.0 Å². The smallest absolute Gasteiger partial charge is 0.173 e. The summed E-state index contributed by atoms with van der Waals surface area (Å²) in [5.41, 5.74) is 2.01. The van der Waals surface area contributed by atoms with Gasteiger partial charge in [0.05, 0.1) is 25.2 Å². The molecule has 0 aromatic carbocycles. The first-order valence-electron chi connectivity index (χ1n) is 10.9. The van der Waals surface area contributed by atoms with Crippen molar-refractivity contribution >= 4 is 0 Å². The first-order chi connectivity index (χ1) is 12.8. The van der Waals surface area contributed by atoms with E-state index in [1.165, 1.54) is 32.1 Å². The molecule has 4 rings (SSSR count). The molecular weight excluding hydrogens is 334 g/mol. The molecule has 2 unspecified atom stereocenters. The van der Waals surface area contributed by atoms with E-state index in [0.29, 0.717) is 5.92 Å². The summed E-state index contributed by atoms with van der Waals surface area (Å²) >= 11 is 0. The van der Waals surface area contributed by atoms with E-state index in [0.717, 1.165) is 32.6 Å². The van der Waals surface area contributed by atoms with Crippen molar-refractivity contribution in [2.24, 2.45) is 22.2 Å². The van der Waals surface area contributed by atoms with Crippen LogP contribution in [0.15, 0.2) is 11.6 Å². The minimum atomic E-state index is -0.372. The van der Waals surface area contributed by atoms with Gasteiger partial charge in [0.15, 0.2) is 5.79 Å². The SMILES string of the molecule is CN(C)CC#CC12CCCC=C1[C@@]1(C)CCC3(OCCO3)C(C)(C)C1CC2. The predicted molar refractivity (Wildman–Crippen MR) is 109 cm³/mol. The zero-order chi connectivity index (χ0) is 19.3. The third-order valence-corrected chi connectivity index (χ3v) is 8.22. The highest BCUT2D eigenvalue weighted by molar-refractivity contribution is 5.39. The molecule has 0 N–H and O–H groups in total. The van der Waals surface area contributed by atoms with Crippen molar-refractivity contribution in [3.63, 3.8) is 0 Å². The molecule has 3 nitrogen and oxygen atoms in total. The molecule has 3 fully saturated rings. The second-order valence-electron chi connectivity index (χ2n) is 10.3. The lowest BCUT2D eigenvalue weighted by atomic mass is 9.43. The van der Waals surface area contributed by atoms with Gasteiger partial charge in [0, 0.05) is 11.8 Å². The number of rotatable bonds is 1. The Bertz CT molecular complexity index is 676. The highest BCUT2D eigenvalue weighted by Crippen LogP contribution is 2.68. The molecule has 0 aromatic rings. The molecule has 150 valence electrons. The van der Waals surface area contributed by atoms with E-state index in [2.05, 4.69) is 57.7 Å². The monoisotopic (exact) mass is 371 g/mol. The Labute approximate surface area is 165 Å². The van der Waals surface area contributed by atoms with Crippen molar-refractivity contribution in [2.75, 3.05) is 33.9 Å².